The molecule has 4 heteroatoms. The van der Waals surface area contributed by atoms with Gasteiger partial charge in [-0.2, -0.15) is 9.12 Å². The van der Waals surface area contributed by atoms with Gasteiger partial charge in [0.25, 0.3) is 0 Å². The highest BCUT2D eigenvalue weighted by atomic mass is 35.5. The summed E-state index contributed by atoms with van der Waals surface area (Å²) in [4.78, 5) is 0. The summed E-state index contributed by atoms with van der Waals surface area (Å²) in [5.74, 6) is -0.654. The number of rotatable bonds is 0. The summed E-state index contributed by atoms with van der Waals surface area (Å²) >= 11 is 5.36. The van der Waals surface area contributed by atoms with Crippen LogP contribution in [0.1, 0.15) is 5.69 Å². The Kier molecular flexibility index (Phi) is 1.76. The molecule has 0 spiro atoms. The van der Waals surface area contributed by atoms with Crippen molar-refractivity contribution in [1.29, 1.82) is 0 Å². The molecule has 0 unspecified atom stereocenters. The molecule has 0 fully saturated rings. The van der Waals surface area contributed by atoms with E-state index in [1.54, 1.807) is 0 Å². The lowest BCUT2D eigenvalue weighted by Crippen LogP contribution is -2.30. The maximum Gasteiger partial charge on any atom is 0.226 e. The van der Waals surface area contributed by atoms with Gasteiger partial charge in [0.15, 0.2) is 6.20 Å². The van der Waals surface area contributed by atoms with Crippen LogP contribution in [0.3, 0.4) is 0 Å². The van der Waals surface area contributed by atoms with Crippen molar-refractivity contribution in [2.24, 2.45) is 0 Å². The molecule has 1 rings (SSSR count). The predicted molar refractivity (Wildman–Crippen MR) is 35.1 cm³/mol. The molecular formula is C6H5ClFNO. The van der Waals surface area contributed by atoms with E-state index in [4.69, 9.17) is 11.6 Å². The Morgan fingerprint density at radius 2 is 2.30 bits per heavy atom. The van der Waals surface area contributed by atoms with Gasteiger partial charge >= 0.3 is 0 Å². The van der Waals surface area contributed by atoms with E-state index in [9.17, 15) is 9.60 Å². The van der Waals surface area contributed by atoms with Gasteiger partial charge in [0.2, 0.25) is 11.5 Å². The fraction of sp³-hybridized carbons (Fsp3) is 0.167. The minimum atomic E-state index is -0.654. The van der Waals surface area contributed by atoms with Crippen LogP contribution in [-0.2, 0) is 0 Å². The predicted octanol–water partition coefficient (Wildman–Crippen LogP) is 1.42. The summed E-state index contributed by atoms with van der Waals surface area (Å²) in [5, 5.41) is 10.6. The summed E-state index contributed by atoms with van der Waals surface area (Å²) in [6, 6.07) is 1.22. The highest BCUT2D eigenvalue weighted by Gasteiger charge is 2.09. The summed E-state index contributed by atoms with van der Waals surface area (Å²) < 4.78 is 13.1. The van der Waals surface area contributed by atoms with Crippen molar-refractivity contribution in [3.05, 3.63) is 34.0 Å². The van der Waals surface area contributed by atoms with Gasteiger partial charge in [-0.05, 0) is 0 Å². The number of halogens is 2. The molecule has 0 saturated carbocycles. The maximum atomic E-state index is 12.6. The smallest absolute Gasteiger partial charge is 0.226 e. The lowest BCUT2D eigenvalue weighted by Gasteiger charge is -2.00. The van der Waals surface area contributed by atoms with E-state index in [0.29, 0.717) is 4.73 Å². The number of hydrogen-bond donors (Lipinski definition) is 0. The van der Waals surface area contributed by atoms with Crippen molar-refractivity contribution in [2.45, 2.75) is 6.92 Å². The zero-order chi connectivity index (χ0) is 7.72. The second-order valence-electron chi connectivity index (χ2n) is 1.89. The van der Waals surface area contributed by atoms with E-state index in [2.05, 4.69) is 0 Å². The van der Waals surface area contributed by atoms with Crippen molar-refractivity contribution < 1.29 is 9.12 Å². The monoisotopic (exact) mass is 161 g/mol. The topological polar surface area (TPSA) is 26.9 Å². The maximum absolute atomic E-state index is 12.6. The van der Waals surface area contributed by atoms with Gasteiger partial charge in [-0.15, -0.1) is 0 Å². The fourth-order valence-corrected chi connectivity index (χ4v) is 0.781. The van der Waals surface area contributed by atoms with Crippen LogP contribution < -0.4 is 4.73 Å². The molecule has 0 aromatic carbocycles. The third kappa shape index (κ3) is 1.04. The van der Waals surface area contributed by atoms with E-state index >= 15 is 0 Å². The first kappa shape index (κ1) is 7.28. The third-order valence-electron chi connectivity index (χ3n) is 1.21. The first-order valence-electron chi connectivity index (χ1n) is 2.66. The average molecular weight is 162 g/mol. The van der Waals surface area contributed by atoms with Crippen molar-refractivity contribution >= 4 is 11.6 Å². The molecule has 0 aliphatic carbocycles. The summed E-state index contributed by atoms with van der Waals surface area (Å²) in [7, 11) is 0. The van der Waals surface area contributed by atoms with Gasteiger partial charge < -0.3 is 5.21 Å². The van der Waals surface area contributed by atoms with Crippen LogP contribution in [0.5, 0.6) is 0 Å². The Labute approximate surface area is 62.4 Å². The van der Waals surface area contributed by atoms with Crippen molar-refractivity contribution in [1.82, 2.24) is 0 Å². The molecule has 54 valence electrons. The minimum Gasteiger partial charge on any atom is -0.618 e. The fourth-order valence-electron chi connectivity index (χ4n) is 0.588. The van der Waals surface area contributed by atoms with E-state index in [0.717, 1.165) is 0 Å². The molecule has 10 heavy (non-hydrogen) atoms. The summed E-state index contributed by atoms with van der Waals surface area (Å²) in [6.07, 6.45) is 1.17. The van der Waals surface area contributed by atoms with Crippen molar-refractivity contribution in [3.63, 3.8) is 0 Å². The Morgan fingerprint density at radius 3 is 2.80 bits per heavy atom. The molecule has 1 aromatic rings. The molecule has 0 N–H and O–H groups in total. The van der Waals surface area contributed by atoms with Crippen LogP contribution >= 0.6 is 11.6 Å². The van der Waals surface area contributed by atoms with Crippen LogP contribution in [0.15, 0.2) is 12.3 Å². The Hall–Kier alpha value is -0.830. The van der Waals surface area contributed by atoms with Crippen LogP contribution in [-0.4, -0.2) is 0 Å². The van der Waals surface area contributed by atoms with Crippen LogP contribution in [0.2, 0.25) is 5.02 Å². The third-order valence-corrected chi connectivity index (χ3v) is 1.51. The number of hydrogen-bond acceptors (Lipinski definition) is 1. The number of nitrogens with zero attached hydrogens (tertiary/aromatic N) is 1. The molecular weight excluding hydrogens is 157 g/mol. The first-order valence-corrected chi connectivity index (χ1v) is 3.04. The van der Waals surface area contributed by atoms with E-state index in [-0.39, 0.29) is 10.7 Å². The van der Waals surface area contributed by atoms with Gasteiger partial charge in [-0.3, -0.25) is 0 Å². The molecule has 0 saturated heterocycles. The van der Waals surface area contributed by atoms with E-state index in [1.165, 1.54) is 19.2 Å². The Morgan fingerprint density at radius 1 is 1.70 bits per heavy atom. The highest BCUT2D eigenvalue weighted by molar-refractivity contribution is 6.30. The molecule has 0 atom stereocenters. The largest absolute Gasteiger partial charge is 0.618 e. The van der Waals surface area contributed by atoms with Gasteiger partial charge in [0.05, 0.1) is 5.02 Å². The average Bonchev–Trinajstić information content (AvgIpc) is 1.93. The lowest BCUT2D eigenvalue weighted by molar-refractivity contribution is -0.614. The van der Waals surface area contributed by atoms with Crippen LogP contribution in [0.25, 0.3) is 0 Å². The first-order chi connectivity index (χ1) is 4.63. The van der Waals surface area contributed by atoms with Crippen molar-refractivity contribution in [3.8, 4) is 0 Å². The molecule has 0 bridgehead atoms. The van der Waals surface area contributed by atoms with E-state index in [1.807, 2.05) is 0 Å². The molecule has 1 aromatic heterocycles. The Bertz CT molecular complexity index is 237. The quantitative estimate of drug-likeness (QED) is 0.418. The summed E-state index contributed by atoms with van der Waals surface area (Å²) in [6.45, 7) is 1.37. The standard InChI is InChI=1S/C6H5ClFNO/c1-4-6(8)5(7)2-3-9(4)10/h2-3H,1H3. The molecule has 0 radical (unpaired) electrons. The van der Waals surface area contributed by atoms with Gasteiger partial charge in [0.1, 0.15) is 0 Å². The van der Waals surface area contributed by atoms with E-state index < -0.39 is 5.82 Å². The number of aromatic nitrogens is 1. The second-order valence-corrected chi connectivity index (χ2v) is 2.30. The molecule has 0 aliphatic heterocycles. The minimum absolute atomic E-state index is 0.00694. The Balaban J connectivity index is 3.34. The van der Waals surface area contributed by atoms with Crippen LogP contribution in [0.4, 0.5) is 4.39 Å². The SMILES string of the molecule is Cc1c(F)c(Cl)cc[n+]1[O-]. The van der Waals surface area contributed by atoms with Crippen molar-refractivity contribution in [2.75, 3.05) is 0 Å². The molecule has 0 aliphatic rings. The van der Waals surface area contributed by atoms with Crippen LogP contribution in [0, 0.1) is 17.9 Å². The second kappa shape index (κ2) is 2.42. The summed E-state index contributed by atoms with van der Waals surface area (Å²) in [5.41, 5.74) is -0.00694. The normalized spacial score (nSPS) is 9.90. The lowest BCUT2D eigenvalue weighted by atomic mass is 10.4. The molecule has 0 amide bonds. The highest BCUT2D eigenvalue weighted by Crippen LogP contribution is 2.12. The van der Waals surface area contributed by atoms with Gasteiger partial charge in [-0.25, -0.2) is 0 Å². The zero-order valence-electron chi connectivity index (χ0n) is 5.27. The van der Waals surface area contributed by atoms with Gasteiger partial charge in [0, 0.05) is 13.0 Å². The zero-order valence-corrected chi connectivity index (χ0v) is 6.02. The molecule has 1 heterocycles. The van der Waals surface area contributed by atoms with Gasteiger partial charge in [-0.1, -0.05) is 11.6 Å². The molecule has 2 nitrogen and oxygen atoms in total. The number of pyridine rings is 1.